The number of esters is 1. The predicted octanol–water partition coefficient (Wildman–Crippen LogP) is 2.11. The van der Waals surface area contributed by atoms with Gasteiger partial charge < -0.3 is 15.2 Å². The molecule has 5 nitrogen and oxygen atoms in total. The molecule has 0 amide bonds. The molecule has 2 bridgehead atoms. The van der Waals surface area contributed by atoms with Crippen molar-refractivity contribution in [2.24, 2.45) is 5.92 Å². The van der Waals surface area contributed by atoms with E-state index >= 15 is 0 Å². The van der Waals surface area contributed by atoms with Gasteiger partial charge in [0, 0.05) is 18.5 Å². The first-order valence-corrected chi connectivity index (χ1v) is 8.18. The van der Waals surface area contributed by atoms with Crippen molar-refractivity contribution in [3.63, 3.8) is 0 Å². The van der Waals surface area contributed by atoms with E-state index in [1.165, 1.54) is 0 Å². The molecule has 1 aromatic carbocycles. The van der Waals surface area contributed by atoms with Gasteiger partial charge >= 0.3 is 5.97 Å². The highest BCUT2D eigenvalue weighted by molar-refractivity contribution is 6.33. The second kappa shape index (κ2) is 5.32. The number of carbonyl (C=O) groups excluding carboxylic acids is 1. The summed E-state index contributed by atoms with van der Waals surface area (Å²) in [5, 5.41) is 0.394. The molecule has 5 rings (SSSR count). The van der Waals surface area contributed by atoms with E-state index in [0.29, 0.717) is 41.0 Å². The Balaban J connectivity index is 1.59. The van der Waals surface area contributed by atoms with Gasteiger partial charge in [-0.3, -0.25) is 4.90 Å². The fourth-order valence-corrected chi connectivity index (χ4v) is 3.99. The summed E-state index contributed by atoms with van der Waals surface area (Å²) in [6.45, 7) is 3.60. The summed E-state index contributed by atoms with van der Waals surface area (Å²) < 4.78 is 11.4. The standard InChI is InChI=1S/C16H19ClN2O3/c17-12-7-11(15-10(14(12)18)3-6-21-15)16(20)22-13-8-19-4-1-9(13)2-5-19/h7,9,13H,1-6,8,18H2/t13-/m1/s1. The number of anilines is 1. The molecule has 118 valence electrons. The van der Waals surface area contributed by atoms with E-state index in [9.17, 15) is 4.79 Å². The van der Waals surface area contributed by atoms with E-state index in [2.05, 4.69) is 4.90 Å². The second-order valence-electron chi connectivity index (χ2n) is 6.31. The van der Waals surface area contributed by atoms with Crippen molar-refractivity contribution in [1.29, 1.82) is 0 Å². The first-order valence-electron chi connectivity index (χ1n) is 7.80. The van der Waals surface area contributed by atoms with Gasteiger partial charge in [-0.25, -0.2) is 4.79 Å². The van der Waals surface area contributed by atoms with Crippen LogP contribution in [0.4, 0.5) is 5.69 Å². The van der Waals surface area contributed by atoms with Crippen molar-refractivity contribution in [1.82, 2.24) is 4.90 Å². The van der Waals surface area contributed by atoms with Crippen LogP contribution in [0.5, 0.6) is 5.75 Å². The summed E-state index contributed by atoms with van der Waals surface area (Å²) >= 11 is 6.15. The fourth-order valence-electron chi connectivity index (χ4n) is 3.76. The summed E-state index contributed by atoms with van der Waals surface area (Å²) in [4.78, 5) is 14.9. The van der Waals surface area contributed by atoms with Crippen LogP contribution in [0.1, 0.15) is 28.8 Å². The number of halogens is 1. The van der Waals surface area contributed by atoms with Gasteiger partial charge in [0.25, 0.3) is 0 Å². The molecule has 6 heteroatoms. The summed E-state index contributed by atoms with van der Waals surface area (Å²) in [5.41, 5.74) is 7.71. The van der Waals surface area contributed by atoms with Crippen LogP contribution in [-0.2, 0) is 11.2 Å². The largest absolute Gasteiger partial charge is 0.492 e. The number of nitrogens with two attached hydrogens (primary N) is 1. The Morgan fingerprint density at radius 2 is 2.18 bits per heavy atom. The molecule has 1 atom stereocenters. The third-order valence-corrected chi connectivity index (χ3v) is 5.36. The van der Waals surface area contributed by atoms with Gasteiger partial charge in [-0.1, -0.05) is 11.6 Å². The number of fused-ring (bicyclic) bond motifs is 4. The Morgan fingerprint density at radius 3 is 2.86 bits per heavy atom. The minimum Gasteiger partial charge on any atom is -0.492 e. The predicted molar refractivity (Wildman–Crippen MR) is 83.4 cm³/mol. The highest BCUT2D eigenvalue weighted by Gasteiger charge is 2.37. The smallest absolute Gasteiger partial charge is 0.342 e. The molecule has 3 saturated heterocycles. The number of carbonyl (C=O) groups is 1. The Morgan fingerprint density at radius 1 is 1.41 bits per heavy atom. The van der Waals surface area contributed by atoms with E-state index < -0.39 is 0 Å². The molecule has 0 unspecified atom stereocenters. The molecule has 4 aliphatic heterocycles. The molecule has 0 saturated carbocycles. The molecule has 4 aliphatic rings. The molecule has 0 aliphatic carbocycles. The van der Waals surface area contributed by atoms with Crippen LogP contribution in [0.3, 0.4) is 0 Å². The van der Waals surface area contributed by atoms with Gasteiger partial charge in [-0.05, 0) is 37.9 Å². The molecule has 0 radical (unpaired) electrons. The molecule has 22 heavy (non-hydrogen) atoms. The number of piperidine rings is 3. The van der Waals surface area contributed by atoms with E-state index in [0.717, 1.165) is 38.0 Å². The van der Waals surface area contributed by atoms with Crippen LogP contribution < -0.4 is 10.5 Å². The third-order valence-electron chi connectivity index (χ3n) is 5.05. The zero-order valence-corrected chi connectivity index (χ0v) is 13.1. The van der Waals surface area contributed by atoms with Crippen LogP contribution in [0, 0.1) is 5.92 Å². The number of hydrogen-bond acceptors (Lipinski definition) is 5. The Kier molecular flexibility index (Phi) is 3.42. The number of nitrogen functional groups attached to an aromatic ring is 1. The van der Waals surface area contributed by atoms with E-state index in [4.69, 9.17) is 26.8 Å². The fraction of sp³-hybridized carbons (Fsp3) is 0.562. The van der Waals surface area contributed by atoms with Crippen LogP contribution in [-0.4, -0.2) is 43.2 Å². The van der Waals surface area contributed by atoms with Crippen LogP contribution in [0.25, 0.3) is 0 Å². The summed E-state index contributed by atoms with van der Waals surface area (Å²) in [5.74, 6) is 0.680. The van der Waals surface area contributed by atoms with E-state index in [1.807, 2.05) is 0 Å². The van der Waals surface area contributed by atoms with Gasteiger partial charge in [0.15, 0.2) is 0 Å². The first-order chi connectivity index (χ1) is 10.6. The van der Waals surface area contributed by atoms with Crippen LogP contribution >= 0.6 is 11.6 Å². The minimum absolute atomic E-state index is 0.0246. The molecule has 1 aromatic rings. The number of benzene rings is 1. The topological polar surface area (TPSA) is 64.8 Å². The first kappa shape index (κ1) is 14.2. The quantitative estimate of drug-likeness (QED) is 0.667. The molecule has 4 heterocycles. The average molecular weight is 323 g/mol. The maximum atomic E-state index is 12.6. The lowest BCUT2D eigenvalue weighted by Crippen LogP contribution is -2.51. The van der Waals surface area contributed by atoms with Crippen molar-refractivity contribution in [2.45, 2.75) is 25.4 Å². The number of rotatable bonds is 2. The van der Waals surface area contributed by atoms with E-state index in [-0.39, 0.29) is 12.1 Å². The number of nitrogens with zero attached hydrogens (tertiary/aromatic N) is 1. The van der Waals surface area contributed by atoms with Gasteiger partial charge in [0.2, 0.25) is 0 Å². The zero-order chi connectivity index (χ0) is 15.3. The molecule has 3 fully saturated rings. The summed E-state index contributed by atoms with van der Waals surface area (Å²) in [6, 6.07) is 1.57. The van der Waals surface area contributed by atoms with Gasteiger partial charge in [-0.2, -0.15) is 0 Å². The van der Waals surface area contributed by atoms with Crippen LogP contribution in [0.2, 0.25) is 5.02 Å². The molecule has 0 aromatic heterocycles. The van der Waals surface area contributed by atoms with Gasteiger partial charge in [-0.15, -0.1) is 0 Å². The van der Waals surface area contributed by atoms with Gasteiger partial charge in [0.05, 0.1) is 17.3 Å². The lowest BCUT2D eigenvalue weighted by molar-refractivity contribution is -0.0457. The van der Waals surface area contributed by atoms with Gasteiger partial charge in [0.1, 0.15) is 17.4 Å². The van der Waals surface area contributed by atoms with Crippen LogP contribution in [0.15, 0.2) is 6.07 Å². The Bertz CT molecular complexity index is 626. The number of ether oxygens (including phenoxy) is 2. The van der Waals surface area contributed by atoms with Crippen molar-refractivity contribution in [3.05, 3.63) is 22.2 Å². The van der Waals surface area contributed by atoms with Crippen molar-refractivity contribution in [3.8, 4) is 5.75 Å². The molecular formula is C16H19ClN2O3. The highest BCUT2D eigenvalue weighted by Crippen LogP contribution is 2.39. The lowest BCUT2D eigenvalue weighted by Gasteiger charge is -2.43. The third kappa shape index (κ3) is 2.23. The Labute approximate surface area is 134 Å². The monoisotopic (exact) mass is 322 g/mol. The second-order valence-corrected chi connectivity index (χ2v) is 6.71. The average Bonchev–Trinajstić information content (AvgIpc) is 3.02. The molecule has 0 spiro atoms. The van der Waals surface area contributed by atoms with E-state index in [1.54, 1.807) is 6.07 Å². The SMILES string of the molecule is Nc1c(Cl)cc(C(=O)O[C@@H]2CN3CCC2CC3)c2c1CCO2. The maximum Gasteiger partial charge on any atom is 0.342 e. The number of hydrogen-bond donors (Lipinski definition) is 1. The lowest BCUT2D eigenvalue weighted by atomic mass is 9.86. The maximum absolute atomic E-state index is 12.6. The molecule has 2 N–H and O–H groups in total. The normalized spacial score (nSPS) is 29.0. The molecular weight excluding hydrogens is 304 g/mol. The summed E-state index contributed by atoms with van der Waals surface area (Å²) in [7, 11) is 0. The van der Waals surface area contributed by atoms with Crippen molar-refractivity contribution < 1.29 is 14.3 Å². The minimum atomic E-state index is -0.348. The summed E-state index contributed by atoms with van der Waals surface area (Å²) in [6.07, 6.45) is 2.87. The van der Waals surface area contributed by atoms with Crippen molar-refractivity contribution >= 4 is 23.3 Å². The zero-order valence-electron chi connectivity index (χ0n) is 12.3. The highest BCUT2D eigenvalue weighted by atomic mass is 35.5. The Hall–Kier alpha value is -1.46. The van der Waals surface area contributed by atoms with Crippen molar-refractivity contribution in [2.75, 3.05) is 32.0 Å².